The monoisotopic (exact) mass is 389 g/mol. The van der Waals surface area contributed by atoms with Crippen LogP contribution in [0.2, 0.25) is 0 Å². The summed E-state index contributed by atoms with van der Waals surface area (Å²) in [6, 6.07) is 15.3. The topological polar surface area (TPSA) is 63.1 Å². The molecule has 3 rings (SSSR count). The average Bonchev–Trinajstić information content (AvgIpc) is 3.09. The lowest BCUT2D eigenvalue weighted by atomic mass is 10.1. The van der Waals surface area contributed by atoms with E-state index in [1.807, 2.05) is 50.4 Å². The fraction of sp³-hybridized carbons (Fsp3) is 0.250. The third-order valence-corrected chi connectivity index (χ3v) is 4.80. The molecule has 29 heavy (non-hydrogen) atoms. The summed E-state index contributed by atoms with van der Waals surface area (Å²) in [4.78, 5) is 25.5. The number of carbonyl (C=O) groups is 2. The lowest BCUT2D eigenvalue weighted by molar-refractivity contribution is -0.117. The Labute approximate surface area is 171 Å². The first-order valence-corrected chi connectivity index (χ1v) is 9.99. The first-order chi connectivity index (χ1) is 14.0. The fourth-order valence-corrected chi connectivity index (χ4v) is 3.20. The number of hydrogen-bond acceptors (Lipinski definition) is 2. The molecule has 5 nitrogen and oxygen atoms in total. The van der Waals surface area contributed by atoms with Crippen molar-refractivity contribution in [2.24, 2.45) is 0 Å². The smallest absolute Gasteiger partial charge is 0.267 e. The molecule has 1 aromatic heterocycles. The normalized spacial score (nSPS) is 11.5. The molecule has 0 saturated heterocycles. The molecule has 2 N–H and O–H groups in total. The molecule has 0 aliphatic carbocycles. The predicted octanol–water partition coefficient (Wildman–Crippen LogP) is 4.27. The van der Waals surface area contributed by atoms with E-state index >= 15 is 0 Å². The van der Waals surface area contributed by atoms with Crippen molar-refractivity contribution in [1.82, 2.24) is 15.2 Å². The van der Waals surface area contributed by atoms with Crippen molar-refractivity contribution in [3.05, 3.63) is 77.1 Å². The lowest BCUT2D eigenvalue weighted by Crippen LogP contribution is -2.35. The maximum absolute atomic E-state index is 12.7. The third kappa shape index (κ3) is 4.74. The van der Waals surface area contributed by atoms with E-state index in [1.165, 1.54) is 0 Å². The minimum absolute atomic E-state index is 0.239. The largest absolute Gasteiger partial charge is 0.351 e. The zero-order valence-corrected chi connectivity index (χ0v) is 17.2. The van der Waals surface area contributed by atoms with E-state index in [1.54, 1.807) is 18.2 Å². The van der Waals surface area contributed by atoms with Gasteiger partial charge in [-0.05, 0) is 44.5 Å². The molecule has 2 amide bonds. The van der Waals surface area contributed by atoms with Crippen LogP contribution in [0.15, 0.2) is 60.4 Å². The molecule has 0 fully saturated rings. The third-order valence-electron chi connectivity index (χ3n) is 4.80. The highest BCUT2D eigenvalue weighted by atomic mass is 16.2. The van der Waals surface area contributed by atoms with Crippen molar-refractivity contribution < 1.29 is 9.59 Å². The van der Waals surface area contributed by atoms with Crippen LogP contribution in [0.25, 0.3) is 17.0 Å². The van der Waals surface area contributed by atoms with Gasteiger partial charge in [0.2, 0.25) is 0 Å². The number of aryl methyl sites for hydroxylation is 2. The van der Waals surface area contributed by atoms with Crippen molar-refractivity contribution >= 4 is 28.8 Å². The molecule has 0 saturated carbocycles. The highest BCUT2D eigenvalue weighted by Crippen LogP contribution is 2.23. The van der Waals surface area contributed by atoms with Gasteiger partial charge < -0.3 is 15.2 Å². The predicted molar refractivity (Wildman–Crippen MR) is 118 cm³/mol. The number of aromatic nitrogens is 1. The van der Waals surface area contributed by atoms with Crippen LogP contribution >= 0.6 is 0 Å². The minimum atomic E-state index is -0.304. The number of para-hydroxylation sites is 1. The van der Waals surface area contributed by atoms with Crippen molar-refractivity contribution in [2.45, 2.75) is 33.7 Å². The van der Waals surface area contributed by atoms with Crippen LogP contribution in [0.1, 0.15) is 41.8 Å². The Morgan fingerprint density at radius 1 is 1.03 bits per heavy atom. The first-order valence-electron chi connectivity index (χ1n) is 9.99. The van der Waals surface area contributed by atoms with Crippen molar-refractivity contribution in [2.75, 3.05) is 6.54 Å². The number of hydrogen-bond donors (Lipinski definition) is 2. The standard InChI is InChI=1S/C24H27N3O2/c1-4-14-25-24(29)21(26-23(28)18-12-10-17(3)11-13-18)15-19-16-27(5-2)22-9-7-6-8-20(19)22/h6-13,15-16H,4-5,14H2,1-3H3,(H,25,29)(H,26,28)/b21-15-. The highest BCUT2D eigenvalue weighted by molar-refractivity contribution is 6.06. The summed E-state index contributed by atoms with van der Waals surface area (Å²) in [5, 5.41) is 6.70. The number of rotatable bonds is 7. The lowest BCUT2D eigenvalue weighted by Gasteiger charge is -2.11. The molecular formula is C24H27N3O2. The minimum Gasteiger partial charge on any atom is -0.351 e. The molecule has 0 radical (unpaired) electrons. The Balaban J connectivity index is 1.98. The molecule has 3 aromatic rings. The summed E-state index contributed by atoms with van der Waals surface area (Å²) in [6.45, 7) is 7.40. The number of benzene rings is 2. The first kappa shape index (κ1) is 20.4. The Morgan fingerprint density at radius 3 is 2.45 bits per heavy atom. The van der Waals surface area contributed by atoms with Gasteiger partial charge in [-0.2, -0.15) is 0 Å². The summed E-state index contributed by atoms with van der Waals surface area (Å²) < 4.78 is 2.13. The maximum Gasteiger partial charge on any atom is 0.267 e. The molecule has 1 heterocycles. The van der Waals surface area contributed by atoms with Crippen molar-refractivity contribution in [1.29, 1.82) is 0 Å². The molecule has 0 atom stereocenters. The molecule has 0 aliphatic rings. The van der Waals surface area contributed by atoms with Gasteiger partial charge in [0, 0.05) is 41.3 Å². The molecule has 150 valence electrons. The zero-order chi connectivity index (χ0) is 20.8. The van der Waals surface area contributed by atoms with Crippen LogP contribution in [0.3, 0.4) is 0 Å². The van der Waals surface area contributed by atoms with Gasteiger partial charge in [-0.25, -0.2) is 0 Å². The molecular weight excluding hydrogens is 362 g/mol. The fourth-order valence-electron chi connectivity index (χ4n) is 3.20. The van der Waals surface area contributed by atoms with Gasteiger partial charge in [0.15, 0.2) is 0 Å². The van der Waals surface area contributed by atoms with Crippen LogP contribution in [0, 0.1) is 6.92 Å². The van der Waals surface area contributed by atoms with Crippen LogP contribution in [-0.2, 0) is 11.3 Å². The number of amides is 2. The van der Waals surface area contributed by atoms with Gasteiger partial charge in [-0.1, -0.05) is 42.8 Å². The summed E-state index contributed by atoms with van der Waals surface area (Å²) in [6.07, 6.45) is 4.58. The molecule has 0 spiro atoms. The van der Waals surface area contributed by atoms with Gasteiger partial charge in [0.1, 0.15) is 5.70 Å². The van der Waals surface area contributed by atoms with Gasteiger partial charge in [0.25, 0.3) is 11.8 Å². The second kappa shape index (κ2) is 9.24. The van der Waals surface area contributed by atoms with E-state index in [0.717, 1.165) is 35.0 Å². The van der Waals surface area contributed by atoms with Crippen LogP contribution < -0.4 is 10.6 Å². The average molecular weight is 389 g/mol. The van der Waals surface area contributed by atoms with E-state index in [2.05, 4.69) is 28.2 Å². The SMILES string of the molecule is CCCNC(=O)/C(=C/c1cn(CC)c2ccccc12)NC(=O)c1ccc(C)cc1. The Morgan fingerprint density at radius 2 is 1.76 bits per heavy atom. The van der Waals surface area contributed by atoms with Crippen molar-refractivity contribution in [3.8, 4) is 0 Å². The van der Waals surface area contributed by atoms with Gasteiger partial charge in [-0.15, -0.1) is 0 Å². The summed E-state index contributed by atoms with van der Waals surface area (Å²) in [5.41, 5.74) is 3.82. The van der Waals surface area contributed by atoms with E-state index < -0.39 is 0 Å². The quantitative estimate of drug-likeness (QED) is 0.593. The number of carbonyl (C=O) groups excluding carboxylic acids is 2. The number of nitrogens with one attached hydrogen (secondary N) is 2. The number of fused-ring (bicyclic) bond motifs is 1. The molecule has 5 heteroatoms. The van der Waals surface area contributed by atoms with Crippen LogP contribution in [0.5, 0.6) is 0 Å². The van der Waals surface area contributed by atoms with Gasteiger partial charge in [-0.3, -0.25) is 9.59 Å². The second-order valence-corrected chi connectivity index (χ2v) is 7.02. The Kier molecular flexibility index (Phi) is 6.50. The second-order valence-electron chi connectivity index (χ2n) is 7.02. The van der Waals surface area contributed by atoms with E-state index in [0.29, 0.717) is 12.1 Å². The maximum atomic E-state index is 12.7. The van der Waals surface area contributed by atoms with Crippen molar-refractivity contribution in [3.63, 3.8) is 0 Å². The van der Waals surface area contributed by atoms with Gasteiger partial charge in [0.05, 0.1) is 0 Å². The summed E-state index contributed by atoms with van der Waals surface area (Å²) in [5.74, 6) is -0.595. The summed E-state index contributed by atoms with van der Waals surface area (Å²) in [7, 11) is 0. The van der Waals surface area contributed by atoms with Gasteiger partial charge >= 0.3 is 0 Å². The van der Waals surface area contributed by atoms with E-state index in [9.17, 15) is 9.59 Å². The zero-order valence-electron chi connectivity index (χ0n) is 17.2. The number of nitrogens with zero attached hydrogens (tertiary/aromatic N) is 1. The van der Waals surface area contributed by atoms with Crippen LogP contribution in [0.4, 0.5) is 0 Å². The van der Waals surface area contributed by atoms with Crippen LogP contribution in [-0.4, -0.2) is 22.9 Å². The molecule has 0 unspecified atom stereocenters. The van der Waals surface area contributed by atoms with E-state index in [-0.39, 0.29) is 17.5 Å². The summed E-state index contributed by atoms with van der Waals surface area (Å²) >= 11 is 0. The molecule has 2 aromatic carbocycles. The Hall–Kier alpha value is -3.34. The molecule has 0 bridgehead atoms. The highest BCUT2D eigenvalue weighted by Gasteiger charge is 2.16. The Bertz CT molecular complexity index is 1050. The van der Waals surface area contributed by atoms with E-state index in [4.69, 9.17) is 0 Å². The molecule has 0 aliphatic heterocycles.